The van der Waals surface area contributed by atoms with Gasteiger partial charge in [-0.1, -0.05) is 30.3 Å². The second kappa shape index (κ2) is 6.54. The van der Waals surface area contributed by atoms with Crippen molar-refractivity contribution in [3.63, 3.8) is 0 Å². The highest BCUT2D eigenvalue weighted by molar-refractivity contribution is 9.10. The number of aliphatic hydroxyl groups is 1. The molecule has 0 radical (unpaired) electrons. The van der Waals surface area contributed by atoms with Crippen molar-refractivity contribution in [1.29, 1.82) is 0 Å². The molecule has 0 aliphatic heterocycles. The fourth-order valence-corrected chi connectivity index (χ4v) is 2.20. The van der Waals surface area contributed by atoms with Gasteiger partial charge in [-0.3, -0.25) is 4.79 Å². The van der Waals surface area contributed by atoms with Crippen LogP contribution in [0.2, 0.25) is 0 Å². The summed E-state index contributed by atoms with van der Waals surface area (Å²) in [5.41, 5.74) is 1.48. The van der Waals surface area contributed by atoms with Crippen molar-refractivity contribution in [2.75, 3.05) is 13.2 Å². The van der Waals surface area contributed by atoms with Gasteiger partial charge in [0.25, 0.3) is 5.91 Å². The number of furan rings is 1. The molecule has 1 amide bonds. The summed E-state index contributed by atoms with van der Waals surface area (Å²) in [5.74, 6) is -0.168. The third-order valence-corrected chi connectivity index (χ3v) is 3.34. The smallest absolute Gasteiger partial charge is 0.258 e. The Morgan fingerprint density at radius 3 is 2.58 bits per heavy atom. The number of amides is 1. The second-order valence-electron chi connectivity index (χ2n) is 4.04. The summed E-state index contributed by atoms with van der Waals surface area (Å²) in [6.07, 6.45) is 1.46. The number of aliphatic hydroxyl groups excluding tert-OH is 1. The predicted molar refractivity (Wildman–Crippen MR) is 74.7 cm³/mol. The molecule has 0 bridgehead atoms. The Kier molecular flexibility index (Phi) is 4.76. The number of hydrogen-bond donors (Lipinski definition) is 1. The lowest BCUT2D eigenvalue weighted by Crippen LogP contribution is -2.33. The quantitative estimate of drug-likeness (QED) is 0.920. The van der Waals surface area contributed by atoms with Gasteiger partial charge in [-0.2, -0.15) is 0 Å². The van der Waals surface area contributed by atoms with Gasteiger partial charge in [0.05, 0.1) is 18.4 Å². The van der Waals surface area contributed by atoms with Crippen molar-refractivity contribution in [3.8, 4) is 0 Å². The Balaban J connectivity index is 2.16. The Hall–Kier alpha value is -1.59. The molecule has 0 atom stereocenters. The van der Waals surface area contributed by atoms with E-state index in [1.807, 2.05) is 30.3 Å². The van der Waals surface area contributed by atoms with Crippen LogP contribution in [0.15, 0.2) is 51.7 Å². The number of carbonyl (C=O) groups excluding carboxylic acids is 1. The molecule has 1 aromatic heterocycles. The lowest BCUT2D eigenvalue weighted by atomic mass is 10.2. The van der Waals surface area contributed by atoms with E-state index >= 15 is 0 Å². The fraction of sp³-hybridized carbons (Fsp3) is 0.214. The molecule has 1 heterocycles. The van der Waals surface area contributed by atoms with E-state index in [0.29, 0.717) is 16.8 Å². The van der Waals surface area contributed by atoms with Crippen molar-refractivity contribution in [2.24, 2.45) is 0 Å². The highest BCUT2D eigenvalue weighted by Gasteiger charge is 2.19. The molecule has 1 N–H and O–H groups in total. The standard InChI is InChI=1S/C14H14BrNO3/c15-13-12(6-9-19-13)14(18)16(7-8-17)10-11-4-2-1-3-5-11/h1-6,9,17H,7-8,10H2. The van der Waals surface area contributed by atoms with Crippen LogP contribution in [-0.4, -0.2) is 29.1 Å². The van der Waals surface area contributed by atoms with E-state index in [1.165, 1.54) is 6.26 Å². The third-order valence-electron chi connectivity index (χ3n) is 2.72. The molecule has 2 rings (SSSR count). The van der Waals surface area contributed by atoms with E-state index in [-0.39, 0.29) is 19.1 Å². The summed E-state index contributed by atoms with van der Waals surface area (Å²) in [4.78, 5) is 13.9. The molecule has 0 fully saturated rings. The summed E-state index contributed by atoms with van der Waals surface area (Å²) >= 11 is 3.20. The Labute approximate surface area is 119 Å². The Bertz CT molecular complexity index is 539. The maximum Gasteiger partial charge on any atom is 0.258 e. The van der Waals surface area contributed by atoms with Crippen LogP contribution in [0.25, 0.3) is 0 Å². The normalized spacial score (nSPS) is 10.4. The van der Waals surface area contributed by atoms with Gasteiger partial charge < -0.3 is 14.4 Å². The van der Waals surface area contributed by atoms with Gasteiger partial charge in [-0.25, -0.2) is 0 Å². The van der Waals surface area contributed by atoms with Crippen molar-refractivity contribution in [2.45, 2.75) is 6.54 Å². The minimum absolute atomic E-state index is 0.0754. The van der Waals surface area contributed by atoms with E-state index in [0.717, 1.165) is 5.56 Å². The molecule has 0 aliphatic carbocycles. The summed E-state index contributed by atoms with van der Waals surface area (Å²) < 4.78 is 5.48. The van der Waals surface area contributed by atoms with Gasteiger partial charge in [-0.15, -0.1) is 0 Å². The molecule has 0 unspecified atom stereocenters. The first-order valence-electron chi connectivity index (χ1n) is 5.89. The highest BCUT2D eigenvalue weighted by atomic mass is 79.9. The van der Waals surface area contributed by atoms with Crippen LogP contribution in [-0.2, 0) is 6.54 Å². The number of carbonyl (C=O) groups is 1. The van der Waals surface area contributed by atoms with Crippen molar-refractivity contribution in [1.82, 2.24) is 4.90 Å². The molecule has 0 saturated carbocycles. The monoisotopic (exact) mass is 323 g/mol. The molecule has 5 heteroatoms. The molecule has 0 saturated heterocycles. The molecule has 1 aromatic carbocycles. The molecule has 4 nitrogen and oxygen atoms in total. The lowest BCUT2D eigenvalue weighted by Gasteiger charge is -2.21. The molecule has 100 valence electrons. The number of halogens is 1. The first-order valence-corrected chi connectivity index (χ1v) is 6.68. The zero-order valence-electron chi connectivity index (χ0n) is 10.3. The van der Waals surface area contributed by atoms with E-state index in [1.54, 1.807) is 11.0 Å². The average molecular weight is 324 g/mol. The molecular weight excluding hydrogens is 310 g/mol. The van der Waals surface area contributed by atoms with Crippen LogP contribution in [0.3, 0.4) is 0 Å². The number of benzene rings is 1. The Morgan fingerprint density at radius 1 is 1.26 bits per heavy atom. The number of rotatable bonds is 5. The van der Waals surface area contributed by atoms with Crippen LogP contribution in [0, 0.1) is 0 Å². The van der Waals surface area contributed by atoms with Crippen LogP contribution < -0.4 is 0 Å². The number of hydrogen-bond acceptors (Lipinski definition) is 3. The van der Waals surface area contributed by atoms with E-state index in [4.69, 9.17) is 9.52 Å². The molecule has 0 spiro atoms. The molecular formula is C14H14BrNO3. The van der Waals surface area contributed by atoms with Crippen LogP contribution in [0.1, 0.15) is 15.9 Å². The van der Waals surface area contributed by atoms with Crippen molar-refractivity contribution in [3.05, 3.63) is 58.5 Å². The van der Waals surface area contributed by atoms with Gasteiger partial charge in [0.2, 0.25) is 0 Å². The SMILES string of the molecule is O=C(c1ccoc1Br)N(CCO)Cc1ccccc1. The lowest BCUT2D eigenvalue weighted by molar-refractivity contribution is 0.0706. The molecule has 19 heavy (non-hydrogen) atoms. The zero-order chi connectivity index (χ0) is 13.7. The van der Waals surface area contributed by atoms with Crippen LogP contribution in [0.5, 0.6) is 0 Å². The van der Waals surface area contributed by atoms with Crippen LogP contribution >= 0.6 is 15.9 Å². The topological polar surface area (TPSA) is 53.7 Å². The predicted octanol–water partition coefficient (Wildman–Crippen LogP) is 2.68. The van der Waals surface area contributed by atoms with E-state index in [2.05, 4.69) is 15.9 Å². The first-order chi connectivity index (χ1) is 9.22. The average Bonchev–Trinajstić information content (AvgIpc) is 2.85. The summed E-state index contributed by atoms with van der Waals surface area (Å²) in [6.45, 7) is 0.664. The molecule has 2 aromatic rings. The number of nitrogens with zero attached hydrogens (tertiary/aromatic N) is 1. The van der Waals surface area contributed by atoms with Crippen LogP contribution in [0.4, 0.5) is 0 Å². The largest absolute Gasteiger partial charge is 0.457 e. The van der Waals surface area contributed by atoms with E-state index in [9.17, 15) is 4.79 Å². The summed E-state index contributed by atoms with van der Waals surface area (Å²) in [7, 11) is 0. The maximum atomic E-state index is 12.3. The van der Waals surface area contributed by atoms with Gasteiger partial charge in [0.15, 0.2) is 4.67 Å². The van der Waals surface area contributed by atoms with Crippen molar-refractivity contribution >= 4 is 21.8 Å². The second-order valence-corrected chi connectivity index (χ2v) is 4.76. The van der Waals surface area contributed by atoms with E-state index < -0.39 is 0 Å². The third kappa shape index (κ3) is 3.45. The first kappa shape index (κ1) is 13.8. The highest BCUT2D eigenvalue weighted by Crippen LogP contribution is 2.20. The fourth-order valence-electron chi connectivity index (χ4n) is 1.79. The minimum atomic E-state index is -0.168. The van der Waals surface area contributed by atoms with Gasteiger partial charge >= 0.3 is 0 Å². The summed E-state index contributed by atoms with van der Waals surface area (Å²) in [5, 5.41) is 9.10. The van der Waals surface area contributed by atoms with Crippen molar-refractivity contribution < 1.29 is 14.3 Å². The molecule has 0 aliphatic rings. The van der Waals surface area contributed by atoms with Gasteiger partial charge in [0.1, 0.15) is 0 Å². The van der Waals surface area contributed by atoms with Gasteiger partial charge in [-0.05, 0) is 27.6 Å². The maximum absolute atomic E-state index is 12.3. The minimum Gasteiger partial charge on any atom is -0.457 e. The Morgan fingerprint density at radius 2 is 2.00 bits per heavy atom. The summed E-state index contributed by atoms with van der Waals surface area (Å²) in [6, 6.07) is 11.3. The van der Waals surface area contributed by atoms with Gasteiger partial charge in [0, 0.05) is 13.1 Å². The zero-order valence-corrected chi connectivity index (χ0v) is 11.8.